The maximum absolute atomic E-state index is 12.2. The summed E-state index contributed by atoms with van der Waals surface area (Å²) in [7, 11) is 0. The summed E-state index contributed by atoms with van der Waals surface area (Å²) < 4.78 is 5.99. The van der Waals surface area contributed by atoms with Gasteiger partial charge < -0.3 is 4.74 Å². The minimum atomic E-state index is -0.0388. The Kier molecular flexibility index (Phi) is 4.51. The number of esters is 1. The molecule has 0 amide bonds. The molecule has 7 atom stereocenters. The highest BCUT2D eigenvalue weighted by Crippen LogP contribution is 2.66. The summed E-state index contributed by atoms with van der Waals surface area (Å²) in [4.78, 5) is 24.2. The first-order valence-electron chi connectivity index (χ1n) is 11.0. The van der Waals surface area contributed by atoms with Crippen LogP contribution in [-0.2, 0) is 14.3 Å². The zero-order valence-electron chi connectivity index (χ0n) is 17.1. The maximum atomic E-state index is 12.2. The van der Waals surface area contributed by atoms with Crippen molar-refractivity contribution in [2.45, 2.75) is 91.6 Å². The van der Waals surface area contributed by atoms with Crippen LogP contribution in [-0.4, -0.2) is 17.9 Å². The summed E-state index contributed by atoms with van der Waals surface area (Å²) in [6.07, 6.45) is 10.1. The first-order valence-corrected chi connectivity index (χ1v) is 11.0. The fraction of sp³-hybridized carbons (Fsp3) is 0.913. The quantitative estimate of drug-likeness (QED) is 0.638. The molecule has 3 heteroatoms. The lowest BCUT2D eigenvalue weighted by molar-refractivity contribution is -0.167. The van der Waals surface area contributed by atoms with Crippen LogP contribution in [0.3, 0.4) is 0 Å². The summed E-state index contributed by atoms with van der Waals surface area (Å²) in [5.41, 5.74) is 0.532. The van der Waals surface area contributed by atoms with Crippen LogP contribution >= 0.6 is 0 Å². The Balaban J connectivity index is 1.54. The third kappa shape index (κ3) is 2.67. The number of hydrogen-bond acceptors (Lipinski definition) is 3. The SMILES string of the molecule is CC(C)C(=O)O[C@H]1CC[C@H]2[C@@H]3CC[C@H]4CC(=O)CC[C@]4(C)[C@H]3CC[C@]12C. The van der Waals surface area contributed by atoms with E-state index >= 15 is 0 Å². The second-order valence-corrected chi connectivity index (χ2v) is 10.6. The molecule has 0 aliphatic heterocycles. The van der Waals surface area contributed by atoms with E-state index in [4.69, 9.17) is 4.74 Å². The minimum absolute atomic E-state index is 0.0274. The average molecular weight is 361 g/mol. The summed E-state index contributed by atoms with van der Waals surface area (Å²) in [5.74, 6) is 3.28. The zero-order chi connectivity index (χ0) is 18.7. The largest absolute Gasteiger partial charge is 0.462 e. The van der Waals surface area contributed by atoms with Crippen molar-refractivity contribution in [2.24, 2.45) is 40.4 Å². The third-order valence-electron chi connectivity index (χ3n) is 9.12. The van der Waals surface area contributed by atoms with Gasteiger partial charge in [0.15, 0.2) is 0 Å². The normalized spacial score (nSPS) is 47.9. The average Bonchev–Trinajstić information content (AvgIpc) is 2.92. The van der Waals surface area contributed by atoms with Crippen LogP contribution in [0.1, 0.15) is 85.5 Å². The topological polar surface area (TPSA) is 43.4 Å². The van der Waals surface area contributed by atoms with E-state index in [0.717, 1.165) is 37.5 Å². The monoisotopic (exact) mass is 360 g/mol. The first kappa shape index (κ1) is 18.5. The van der Waals surface area contributed by atoms with Gasteiger partial charge in [-0.25, -0.2) is 0 Å². The van der Waals surface area contributed by atoms with Gasteiger partial charge in [0.1, 0.15) is 11.9 Å². The van der Waals surface area contributed by atoms with Crippen molar-refractivity contribution in [2.75, 3.05) is 0 Å². The van der Waals surface area contributed by atoms with Crippen LogP contribution in [0, 0.1) is 40.4 Å². The molecule has 0 radical (unpaired) electrons. The lowest BCUT2D eigenvalue weighted by Gasteiger charge is -2.60. The van der Waals surface area contributed by atoms with Crippen LogP contribution in [0.5, 0.6) is 0 Å². The number of hydrogen-bond donors (Lipinski definition) is 0. The van der Waals surface area contributed by atoms with Crippen LogP contribution in [0.2, 0.25) is 0 Å². The molecule has 0 aromatic rings. The molecule has 4 rings (SSSR count). The third-order valence-corrected chi connectivity index (χ3v) is 9.12. The molecule has 4 fully saturated rings. The highest BCUT2D eigenvalue weighted by atomic mass is 16.5. The van der Waals surface area contributed by atoms with E-state index in [-0.39, 0.29) is 23.4 Å². The second kappa shape index (κ2) is 6.34. The van der Waals surface area contributed by atoms with E-state index < -0.39 is 0 Å². The summed E-state index contributed by atoms with van der Waals surface area (Å²) in [5, 5.41) is 0. The molecule has 26 heavy (non-hydrogen) atoms. The lowest BCUT2D eigenvalue weighted by Crippen LogP contribution is -2.54. The molecule has 0 bridgehead atoms. The van der Waals surface area contributed by atoms with E-state index in [1.54, 1.807) is 0 Å². The fourth-order valence-electron chi connectivity index (χ4n) is 7.47. The Labute approximate surface area is 158 Å². The number of fused-ring (bicyclic) bond motifs is 5. The Morgan fingerprint density at radius 2 is 1.73 bits per heavy atom. The molecule has 0 aromatic carbocycles. The maximum Gasteiger partial charge on any atom is 0.308 e. The number of ketones is 1. The molecule has 4 aliphatic rings. The van der Waals surface area contributed by atoms with Gasteiger partial charge in [0.05, 0.1) is 5.92 Å². The highest BCUT2D eigenvalue weighted by molar-refractivity contribution is 5.79. The molecule has 0 unspecified atom stereocenters. The van der Waals surface area contributed by atoms with Crippen molar-refractivity contribution < 1.29 is 14.3 Å². The second-order valence-electron chi connectivity index (χ2n) is 10.6. The van der Waals surface area contributed by atoms with E-state index in [1.165, 1.54) is 32.1 Å². The van der Waals surface area contributed by atoms with Crippen molar-refractivity contribution in [3.8, 4) is 0 Å². The summed E-state index contributed by atoms with van der Waals surface area (Å²) in [6.45, 7) is 8.76. The van der Waals surface area contributed by atoms with Crippen molar-refractivity contribution in [1.82, 2.24) is 0 Å². The van der Waals surface area contributed by atoms with Gasteiger partial charge in [0.2, 0.25) is 0 Å². The molecule has 0 saturated heterocycles. The fourth-order valence-corrected chi connectivity index (χ4v) is 7.47. The highest BCUT2D eigenvalue weighted by Gasteiger charge is 2.61. The van der Waals surface area contributed by atoms with Gasteiger partial charge in [0, 0.05) is 18.3 Å². The van der Waals surface area contributed by atoms with E-state index in [2.05, 4.69) is 13.8 Å². The zero-order valence-corrected chi connectivity index (χ0v) is 17.1. The van der Waals surface area contributed by atoms with E-state index in [1.807, 2.05) is 13.8 Å². The summed E-state index contributed by atoms with van der Waals surface area (Å²) >= 11 is 0. The lowest BCUT2D eigenvalue weighted by atomic mass is 9.45. The predicted octanol–water partition coefficient (Wildman–Crippen LogP) is 5.17. The number of carbonyl (C=O) groups is 2. The van der Waals surface area contributed by atoms with Gasteiger partial charge in [-0.3, -0.25) is 9.59 Å². The molecule has 0 aromatic heterocycles. The summed E-state index contributed by atoms with van der Waals surface area (Å²) in [6, 6.07) is 0. The number of rotatable bonds is 2. The van der Waals surface area contributed by atoms with Crippen LogP contribution in [0.25, 0.3) is 0 Å². The van der Waals surface area contributed by atoms with Gasteiger partial charge >= 0.3 is 5.97 Å². The van der Waals surface area contributed by atoms with E-state index in [9.17, 15) is 9.59 Å². The molecule has 3 nitrogen and oxygen atoms in total. The van der Waals surface area contributed by atoms with Crippen molar-refractivity contribution in [1.29, 1.82) is 0 Å². The van der Waals surface area contributed by atoms with E-state index in [0.29, 0.717) is 23.0 Å². The molecule has 4 saturated carbocycles. The predicted molar refractivity (Wildman–Crippen MR) is 101 cm³/mol. The standard InChI is InChI=1S/C23H36O3/c1-14(2)21(25)26-20-8-7-18-17-6-5-15-13-16(24)9-11-22(15,3)19(17)10-12-23(18,20)4/h14-15,17-20H,5-13H2,1-4H3/t15-,17-,18-,19-,20-,22-,23-/m0/s1. The van der Waals surface area contributed by atoms with Gasteiger partial charge in [-0.1, -0.05) is 27.7 Å². The molecular formula is C23H36O3. The molecular weight excluding hydrogens is 324 g/mol. The number of Topliss-reactive ketones (excluding diaryl/α,β-unsaturated/α-hetero) is 1. The van der Waals surface area contributed by atoms with Crippen molar-refractivity contribution >= 4 is 11.8 Å². The van der Waals surface area contributed by atoms with Crippen LogP contribution in [0.15, 0.2) is 0 Å². The minimum Gasteiger partial charge on any atom is -0.462 e. The Morgan fingerprint density at radius 1 is 1.00 bits per heavy atom. The Morgan fingerprint density at radius 3 is 2.46 bits per heavy atom. The van der Waals surface area contributed by atoms with Crippen molar-refractivity contribution in [3.63, 3.8) is 0 Å². The van der Waals surface area contributed by atoms with Gasteiger partial charge in [-0.15, -0.1) is 0 Å². The number of ether oxygens (including phenoxy) is 1. The van der Waals surface area contributed by atoms with Gasteiger partial charge in [0.25, 0.3) is 0 Å². The molecule has 4 aliphatic carbocycles. The van der Waals surface area contributed by atoms with Gasteiger partial charge in [-0.05, 0) is 74.0 Å². The smallest absolute Gasteiger partial charge is 0.308 e. The Hall–Kier alpha value is -0.860. The molecule has 0 N–H and O–H groups in total. The number of carbonyl (C=O) groups excluding carboxylic acids is 2. The molecule has 146 valence electrons. The first-order chi connectivity index (χ1) is 12.3. The Bertz CT molecular complexity index is 596. The molecule has 0 heterocycles. The van der Waals surface area contributed by atoms with Crippen LogP contribution < -0.4 is 0 Å². The van der Waals surface area contributed by atoms with Crippen LogP contribution in [0.4, 0.5) is 0 Å². The molecule has 0 spiro atoms. The van der Waals surface area contributed by atoms with Gasteiger partial charge in [-0.2, -0.15) is 0 Å². The van der Waals surface area contributed by atoms with Crippen molar-refractivity contribution in [3.05, 3.63) is 0 Å².